The average Bonchev–Trinajstić information content (AvgIpc) is 2.46. The highest BCUT2D eigenvalue weighted by molar-refractivity contribution is 5.74. The third-order valence-electron chi connectivity index (χ3n) is 2.30. The lowest BCUT2D eigenvalue weighted by atomic mass is 10.3. The highest BCUT2D eigenvalue weighted by Gasteiger charge is 2.13. The summed E-state index contributed by atoms with van der Waals surface area (Å²) in [6.45, 7) is 3.02. The van der Waals surface area contributed by atoms with Crippen molar-refractivity contribution in [1.82, 2.24) is 9.47 Å². The molecule has 2 rings (SSSR count). The van der Waals surface area contributed by atoms with Crippen LogP contribution in [0.15, 0.2) is 12.3 Å². The van der Waals surface area contributed by atoms with Gasteiger partial charge in [0.2, 0.25) is 0 Å². The molecule has 0 fully saturated rings. The summed E-state index contributed by atoms with van der Waals surface area (Å²) in [5, 5.41) is 0. The Morgan fingerprint density at radius 3 is 3.08 bits per heavy atom. The Balaban J connectivity index is 2.34. The fourth-order valence-corrected chi connectivity index (χ4v) is 1.62. The zero-order valence-electron chi connectivity index (χ0n) is 7.16. The van der Waals surface area contributed by atoms with Crippen molar-refractivity contribution in [2.75, 3.05) is 13.6 Å². The zero-order chi connectivity index (χ0) is 8.55. The second kappa shape index (κ2) is 2.75. The Kier molecular flexibility index (Phi) is 1.73. The lowest BCUT2D eigenvalue weighted by Crippen LogP contribution is -2.29. The van der Waals surface area contributed by atoms with Crippen molar-refractivity contribution in [3.05, 3.63) is 23.5 Å². The van der Waals surface area contributed by atoms with Crippen molar-refractivity contribution in [3.8, 4) is 0 Å². The second-order valence-electron chi connectivity index (χ2n) is 3.31. The van der Waals surface area contributed by atoms with E-state index in [9.17, 15) is 4.79 Å². The monoisotopic (exact) mass is 164 g/mol. The minimum Gasteiger partial charge on any atom is -0.348 e. The molecule has 64 valence electrons. The van der Waals surface area contributed by atoms with Gasteiger partial charge in [0, 0.05) is 37.1 Å². The Labute approximate surface area is 71.6 Å². The van der Waals surface area contributed by atoms with Crippen LogP contribution < -0.4 is 0 Å². The van der Waals surface area contributed by atoms with Crippen molar-refractivity contribution in [3.63, 3.8) is 0 Å². The highest BCUT2D eigenvalue weighted by Crippen LogP contribution is 2.13. The molecular formula is C9H12N2O. The largest absolute Gasteiger partial charge is 0.348 e. The molecule has 0 atom stereocenters. The van der Waals surface area contributed by atoms with Gasteiger partial charge in [-0.25, -0.2) is 0 Å². The van der Waals surface area contributed by atoms with Crippen LogP contribution in [0.1, 0.15) is 16.1 Å². The number of rotatable bonds is 1. The molecule has 0 saturated heterocycles. The van der Waals surface area contributed by atoms with Gasteiger partial charge in [-0.1, -0.05) is 0 Å². The van der Waals surface area contributed by atoms with Crippen molar-refractivity contribution in [2.45, 2.75) is 13.1 Å². The van der Waals surface area contributed by atoms with Crippen LogP contribution in [0.5, 0.6) is 0 Å². The highest BCUT2D eigenvalue weighted by atomic mass is 16.1. The van der Waals surface area contributed by atoms with E-state index in [4.69, 9.17) is 0 Å². The first-order valence-electron chi connectivity index (χ1n) is 4.12. The van der Waals surface area contributed by atoms with Crippen LogP contribution in [-0.2, 0) is 13.1 Å². The molecule has 12 heavy (non-hydrogen) atoms. The molecule has 0 amide bonds. The predicted molar refractivity (Wildman–Crippen MR) is 46.2 cm³/mol. The Morgan fingerprint density at radius 1 is 1.50 bits per heavy atom. The summed E-state index contributed by atoms with van der Waals surface area (Å²) in [4.78, 5) is 12.7. The topological polar surface area (TPSA) is 25.2 Å². The first kappa shape index (κ1) is 7.55. The van der Waals surface area contributed by atoms with Crippen LogP contribution in [0.25, 0.3) is 0 Å². The summed E-state index contributed by atoms with van der Waals surface area (Å²) in [5.74, 6) is 0. The van der Waals surface area contributed by atoms with E-state index in [0.717, 1.165) is 31.5 Å². The molecule has 1 aliphatic rings. The molecule has 0 spiro atoms. The van der Waals surface area contributed by atoms with E-state index in [-0.39, 0.29) is 0 Å². The molecule has 0 aliphatic carbocycles. The summed E-state index contributed by atoms with van der Waals surface area (Å²) in [6, 6.07) is 1.96. The minimum atomic E-state index is 0.792. The molecule has 0 unspecified atom stereocenters. The van der Waals surface area contributed by atoms with Crippen molar-refractivity contribution in [2.24, 2.45) is 0 Å². The van der Waals surface area contributed by atoms with Gasteiger partial charge in [-0.3, -0.25) is 9.69 Å². The first-order valence-corrected chi connectivity index (χ1v) is 4.12. The Morgan fingerprint density at radius 2 is 2.33 bits per heavy atom. The first-order chi connectivity index (χ1) is 5.79. The van der Waals surface area contributed by atoms with Crippen LogP contribution in [0.3, 0.4) is 0 Å². The van der Waals surface area contributed by atoms with Crippen LogP contribution in [0.4, 0.5) is 0 Å². The Bertz CT molecular complexity index is 303. The molecule has 0 radical (unpaired) electrons. The minimum absolute atomic E-state index is 0.792. The smallest absolute Gasteiger partial charge is 0.151 e. The van der Waals surface area contributed by atoms with Gasteiger partial charge in [0.05, 0.1) is 0 Å². The van der Waals surface area contributed by atoms with Crippen LogP contribution in [-0.4, -0.2) is 29.3 Å². The van der Waals surface area contributed by atoms with Gasteiger partial charge in [-0.15, -0.1) is 0 Å². The van der Waals surface area contributed by atoms with E-state index < -0.39 is 0 Å². The number of carbonyl (C=O) groups excluding carboxylic acids is 1. The lowest BCUT2D eigenvalue weighted by Gasteiger charge is -2.24. The number of fused-ring (bicyclic) bond motifs is 1. The molecule has 2 heterocycles. The van der Waals surface area contributed by atoms with Crippen LogP contribution in [0.2, 0.25) is 0 Å². The Hall–Kier alpha value is -1.09. The summed E-state index contributed by atoms with van der Waals surface area (Å²) in [5.41, 5.74) is 2.03. The molecular weight excluding hydrogens is 152 g/mol. The number of hydrogen-bond donors (Lipinski definition) is 0. The van der Waals surface area contributed by atoms with Gasteiger partial charge < -0.3 is 4.57 Å². The number of nitrogens with zero attached hydrogens (tertiary/aromatic N) is 2. The van der Waals surface area contributed by atoms with E-state index in [2.05, 4.69) is 16.5 Å². The molecule has 0 bridgehead atoms. The van der Waals surface area contributed by atoms with Crippen molar-refractivity contribution in [1.29, 1.82) is 0 Å². The quantitative estimate of drug-likeness (QED) is 0.572. The summed E-state index contributed by atoms with van der Waals surface area (Å²) >= 11 is 0. The maximum Gasteiger partial charge on any atom is 0.151 e. The van der Waals surface area contributed by atoms with Gasteiger partial charge in [0.1, 0.15) is 0 Å². The zero-order valence-corrected chi connectivity index (χ0v) is 7.16. The van der Waals surface area contributed by atoms with E-state index in [1.807, 2.05) is 12.3 Å². The number of aldehydes is 1. The number of aromatic nitrogens is 1. The standard InChI is InChI=1S/C9H12N2O/c1-10-2-3-11-5-8(7-12)4-9(11)6-10/h4-5,7H,2-3,6H2,1H3. The van der Waals surface area contributed by atoms with E-state index in [1.165, 1.54) is 5.69 Å². The molecule has 1 aliphatic heterocycles. The molecule has 0 aromatic carbocycles. The van der Waals surface area contributed by atoms with Crippen molar-refractivity contribution >= 4 is 6.29 Å². The average molecular weight is 164 g/mol. The summed E-state index contributed by atoms with van der Waals surface area (Å²) in [7, 11) is 2.09. The molecule has 3 nitrogen and oxygen atoms in total. The maximum absolute atomic E-state index is 10.5. The predicted octanol–water partition coefficient (Wildman–Crippen LogP) is 0.746. The number of hydrogen-bond acceptors (Lipinski definition) is 2. The third-order valence-corrected chi connectivity index (χ3v) is 2.30. The molecule has 3 heteroatoms. The second-order valence-corrected chi connectivity index (χ2v) is 3.31. The van der Waals surface area contributed by atoms with Crippen LogP contribution in [0, 0.1) is 0 Å². The maximum atomic E-state index is 10.5. The normalized spacial score (nSPS) is 17.4. The SMILES string of the molecule is CN1CCn2cc(C=O)cc2C1. The van der Waals surface area contributed by atoms with Gasteiger partial charge >= 0.3 is 0 Å². The van der Waals surface area contributed by atoms with Crippen LogP contribution >= 0.6 is 0 Å². The van der Waals surface area contributed by atoms with Gasteiger partial charge in [0.15, 0.2) is 6.29 Å². The van der Waals surface area contributed by atoms with E-state index >= 15 is 0 Å². The molecule has 1 aromatic rings. The van der Waals surface area contributed by atoms with Crippen molar-refractivity contribution < 1.29 is 4.79 Å². The molecule has 0 saturated carbocycles. The number of carbonyl (C=O) groups is 1. The van der Waals surface area contributed by atoms with Gasteiger partial charge in [0.25, 0.3) is 0 Å². The van der Waals surface area contributed by atoms with Gasteiger partial charge in [-0.2, -0.15) is 0 Å². The summed E-state index contributed by atoms with van der Waals surface area (Å²) < 4.78 is 2.16. The molecule has 0 N–H and O–H groups in total. The van der Waals surface area contributed by atoms with E-state index in [1.54, 1.807) is 0 Å². The third kappa shape index (κ3) is 1.16. The lowest BCUT2D eigenvalue weighted by molar-refractivity contribution is 0.112. The van der Waals surface area contributed by atoms with Gasteiger partial charge in [-0.05, 0) is 13.1 Å². The summed E-state index contributed by atoms with van der Waals surface area (Å²) in [6.07, 6.45) is 2.83. The number of likely N-dealkylation sites (N-methyl/N-ethyl adjacent to an activating group) is 1. The molecule has 1 aromatic heterocycles. The van der Waals surface area contributed by atoms with E-state index in [0.29, 0.717) is 0 Å². The fraction of sp³-hybridized carbons (Fsp3) is 0.444. The fourth-order valence-electron chi connectivity index (χ4n) is 1.62.